The molecule has 2 saturated heterocycles. The summed E-state index contributed by atoms with van der Waals surface area (Å²) in [5.74, 6) is 2.94. The first-order valence-electron chi connectivity index (χ1n) is 7.33. The van der Waals surface area contributed by atoms with E-state index in [1.807, 2.05) is 11.8 Å². The molecule has 0 bridgehead atoms. The second-order valence-electron chi connectivity index (χ2n) is 5.84. The third-order valence-electron chi connectivity index (χ3n) is 4.46. The van der Waals surface area contributed by atoms with Gasteiger partial charge in [-0.15, -0.1) is 0 Å². The summed E-state index contributed by atoms with van der Waals surface area (Å²) in [6.07, 6.45) is 2.65. The van der Waals surface area contributed by atoms with Crippen LogP contribution in [-0.2, 0) is 4.74 Å². The largest absolute Gasteiger partial charge is 0.497 e. The van der Waals surface area contributed by atoms with E-state index in [2.05, 4.69) is 0 Å². The number of methoxy groups -OCH3 is 1. The smallest absolute Gasteiger partial charge is 0.168 e. The summed E-state index contributed by atoms with van der Waals surface area (Å²) >= 11 is 1.92. The van der Waals surface area contributed by atoms with Gasteiger partial charge in [0, 0.05) is 29.5 Å². The van der Waals surface area contributed by atoms with E-state index >= 15 is 0 Å². The molecule has 21 heavy (non-hydrogen) atoms. The van der Waals surface area contributed by atoms with Gasteiger partial charge in [-0.1, -0.05) is 0 Å². The summed E-state index contributed by atoms with van der Waals surface area (Å²) in [5.41, 5.74) is 7.01. The van der Waals surface area contributed by atoms with Gasteiger partial charge in [0.25, 0.3) is 0 Å². The van der Waals surface area contributed by atoms with Gasteiger partial charge in [-0.25, -0.2) is 0 Å². The van der Waals surface area contributed by atoms with Crippen molar-refractivity contribution in [2.75, 3.05) is 31.0 Å². The molecule has 2 fully saturated rings. The van der Waals surface area contributed by atoms with Gasteiger partial charge in [0.15, 0.2) is 5.78 Å². The molecule has 2 atom stereocenters. The molecule has 5 heteroatoms. The first-order valence-corrected chi connectivity index (χ1v) is 8.48. The van der Waals surface area contributed by atoms with E-state index < -0.39 is 0 Å². The van der Waals surface area contributed by atoms with Crippen LogP contribution in [0.25, 0.3) is 0 Å². The normalized spacial score (nSPS) is 28.7. The third kappa shape index (κ3) is 2.90. The van der Waals surface area contributed by atoms with Crippen LogP contribution in [-0.4, -0.2) is 36.6 Å². The van der Waals surface area contributed by atoms with Crippen LogP contribution in [0.5, 0.6) is 5.75 Å². The first-order chi connectivity index (χ1) is 10.1. The molecule has 0 radical (unpaired) electrons. The van der Waals surface area contributed by atoms with E-state index in [-0.39, 0.29) is 17.3 Å². The molecule has 4 nitrogen and oxygen atoms in total. The number of rotatable bonds is 3. The number of nitrogen functional groups attached to an aromatic ring is 1. The predicted molar refractivity (Wildman–Crippen MR) is 85.1 cm³/mol. The number of benzene rings is 1. The monoisotopic (exact) mass is 307 g/mol. The Balaban J connectivity index is 1.81. The van der Waals surface area contributed by atoms with Crippen LogP contribution < -0.4 is 10.5 Å². The maximum Gasteiger partial charge on any atom is 0.168 e. The Morgan fingerprint density at radius 1 is 1.52 bits per heavy atom. The topological polar surface area (TPSA) is 61.5 Å². The molecule has 1 spiro atoms. The van der Waals surface area contributed by atoms with Gasteiger partial charge in [0.2, 0.25) is 0 Å². The van der Waals surface area contributed by atoms with Crippen LogP contribution in [0.1, 0.15) is 29.6 Å². The molecule has 2 N–H and O–H groups in total. The number of carbonyl (C=O) groups excluding carboxylic acids is 1. The van der Waals surface area contributed by atoms with Gasteiger partial charge in [-0.3, -0.25) is 4.79 Å². The van der Waals surface area contributed by atoms with E-state index in [9.17, 15) is 4.79 Å². The molecule has 2 aliphatic rings. The average Bonchev–Trinajstić information content (AvgIpc) is 2.95. The molecular formula is C16H21NO3S. The number of Topliss-reactive ketones (excluding diaryl/α,β-unsaturated/α-hetero) is 1. The fraction of sp³-hybridized carbons (Fsp3) is 0.562. The maximum atomic E-state index is 12.8. The lowest BCUT2D eigenvalue weighted by Gasteiger charge is -2.37. The van der Waals surface area contributed by atoms with Crippen LogP contribution in [0.4, 0.5) is 5.69 Å². The zero-order valence-corrected chi connectivity index (χ0v) is 13.1. The van der Waals surface area contributed by atoms with Crippen molar-refractivity contribution in [3.8, 4) is 5.75 Å². The van der Waals surface area contributed by atoms with E-state index in [4.69, 9.17) is 15.2 Å². The molecule has 3 rings (SSSR count). The number of nitrogens with two attached hydrogens (primary N) is 1. The molecule has 2 heterocycles. The molecule has 2 aliphatic heterocycles. The van der Waals surface area contributed by atoms with Crippen molar-refractivity contribution >= 4 is 23.2 Å². The zero-order chi connectivity index (χ0) is 14.9. The Bertz CT molecular complexity index is 540. The van der Waals surface area contributed by atoms with Gasteiger partial charge < -0.3 is 15.2 Å². The minimum Gasteiger partial charge on any atom is -0.497 e. The zero-order valence-electron chi connectivity index (χ0n) is 12.3. The highest BCUT2D eigenvalue weighted by Crippen LogP contribution is 2.41. The van der Waals surface area contributed by atoms with Crippen molar-refractivity contribution in [3.05, 3.63) is 23.8 Å². The van der Waals surface area contributed by atoms with E-state index in [0.717, 1.165) is 30.8 Å². The standard InChI is InChI=1S/C16H21NO3S/c1-19-12-2-3-14(17)13(8-12)15(18)11-4-6-20-16(9-11)5-7-21-10-16/h2-3,8,11H,4-7,9-10,17H2,1H3. The van der Waals surface area contributed by atoms with E-state index in [1.165, 1.54) is 0 Å². The van der Waals surface area contributed by atoms with E-state index in [1.54, 1.807) is 25.3 Å². The summed E-state index contributed by atoms with van der Waals surface area (Å²) < 4.78 is 11.2. The summed E-state index contributed by atoms with van der Waals surface area (Å²) in [4.78, 5) is 12.8. The van der Waals surface area contributed by atoms with E-state index in [0.29, 0.717) is 23.6 Å². The summed E-state index contributed by atoms with van der Waals surface area (Å²) in [6, 6.07) is 5.28. The van der Waals surface area contributed by atoms with Crippen LogP contribution >= 0.6 is 11.8 Å². The molecule has 114 valence electrons. The fourth-order valence-electron chi connectivity index (χ4n) is 3.21. The van der Waals surface area contributed by atoms with Crippen molar-refractivity contribution in [2.45, 2.75) is 24.9 Å². The SMILES string of the molecule is COc1ccc(N)c(C(=O)C2CCOC3(CCSC3)C2)c1. The Morgan fingerprint density at radius 3 is 3.10 bits per heavy atom. The van der Waals surface area contributed by atoms with Crippen LogP contribution in [0.15, 0.2) is 18.2 Å². The van der Waals surface area contributed by atoms with Crippen LogP contribution in [0.2, 0.25) is 0 Å². The van der Waals surface area contributed by atoms with Gasteiger partial charge in [-0.05, 0) is 43.2 Å². The summed E-state index contributed by atoms with van der Waals surface area (Å²) in [7, 11) is 1.60. The summed E-state index contributed by atoms with van der Waals surface area (Å²) in [5, 5.41) is 0. The Hall–Kier alpha value is -1.20. The molecule has 1 aromatic carbocycles. The molecule has 0 amide bonds. The average molecular weight is 307 g/mol. The number of ketones is 1. The molecular weight excluding hydrogens is 286 g/mol. The maximum absolute atomic E-state index is 12.8. The second kappa shape index (κ2) is 5.89. The van der Waals surface area contributed by atoms with Gasteiger partial charge in [0.05, 0.1) is 12.7 Å². The number of hydrogen-bond acceptors (Lipinski definition) is 5. The Kier molecular flexibility index (Phi) is 4.13. The van der Waals surface area contributed by atoms with Crippen molar-refractivity contribution < 1.29 is 14.3 Å². The van der Waals surface area contributed by atoms with Crippen molar-refractivity contribution in [2.24, 2.45) is 5.92 Å². The number of ether oxygens (including phenoxy) is 2. The molecule has 1 aromatic rings. The minimum atomic E-state index is -0.0864. The third-order valence-corrected chi connectivity index (χ3v) is 5.68. The van der Waals surface area contributed by atoms with Crippen LogP contribution in [0, 0.1) is 5.92 Å². The Morgan fingerprint density at radius 2 is 2.38 bits per heavy atom. The minimum absolute atomic E-state index is 0.00635. The lowest BCUT2D eigenvalue weighted by atomic mass is 9.81. The quantitative estimate of drug-likeness (QED) is 0.687. The number of hydrogen-bond donors (Lipinski definition) is 1. The second-order valence-corrected chi connectivity index (χ2v) is 6.95. The summed E-state index contributed by atoms with van der Waals surface area (Å²) in [6.45, 7) is 0.667. The first kappa shape index (κ1) is 14.7. The highest BCUT2D eigenvalue weighted by molar-refractivity contribution is 7.99. The molecule has 0 aliphatic carbocycles. The van der Waals surface area contributed by atoms with Crippen molar-refractivity contribution in [3.63, 3.8) is 0 Å². The predicted octanol–water partition coefficient (Wildman–Crippen LogP) is 2.76. The van der Waals surface area contributed by atoms with Crippen LogP contribution in [0.3, 0.4) is 0 Å². The lowest BCUT2D eigenvalue weighted by molar-refractivity contribution is -0.0734. The molecule has 0 saturated carbocycles. The number of thioether (sulfide) groups is 1. The highest BCUT2D eigenvalue weighted by atomic mass is 32.2. The van der Waals surface area contributed by atoms with Crippen molar-refractivity contribution in [1.82, 2.24) is 0 Å². The fourth-order valence-corrected chi connectivity index (χ4v) is 4.59. The van der Waals surface area contributed by atoms with Gasteiger partial charge >= 0.3 is 0 Å². The Labute approximate surface area is 129 Å². The number of carbonyl (C=O) groups is 1. The highest BCUT2D eigenvalue weighted by Gasteiger charge is 2.42. The molecule has 2 unspecified atom stereocenters. The van der Waals surface area contributed by atoms with Gasteiger partial charge in [0.1, 0.15) is 5.75 Å². The van der Waals surface area contributed by atoms with Crippen molar-refractivity contribution in [1.29, 1.82) is 0 Å². The molecule has 0 aromatic heterocycles. The number of anilines is 1. The lowest BCUT2D eigenvalue weighted by Crippen LogP contribution is -2.42. The van der Waals surface area contributed by atoms with Gasteiger partial charge in [-0.2, -0.15) is 11.8 Å².